The van der Waals surface area contributed by atoms with Crippen molar-refractivity contribution in [3.63, 3.8) is 0 Å². The topological polar surface area (TPSA) is 169 Å². The van der Waals surface area contributed by atoms with Crippen LogP contribution >= 0.6 is 0 Å². The predicted octanol–water partition coefficient (Wildman–Crippen LogP) is 6.00. The van der Waals surface area contributed by atoms with Gasteiger partial charge in [-0.2, -0.15) is 0 Å². The van der Waals surface area contributed by atoms with Gasteiger partial charge in [-0.1, -0.05) is 38.1 Å². The summed E-state index contributed by atoms with van der Waals surface area (Å²) in [4.78, 5) is 51.3. The maximum Gasteiger partial charge on any atom is 0.324 e. The van der Waals surface area contributed by atoms with Crippen LogP contribution in [0.5, 0.6) is 5.75 Å². The second kappa shape index (κ2) is 17.2. The minimum atomic E-state index is -1.09. The molecule has 5 heterocycles. The number of phenols is 1. The fourth-order valence-corrected chi connectivity index (χ4v) is 8.48. The number of amides is 2. The molecule has 6 bridgehead atoms. The number of hydrogen-bond donors (Lipinski definition) is 4. The van der Waals surface area contributed by atoms with Crippen molar-refractivity contribution in [2.45, 2.75) is 71.7 Å². The molecule has 0 radical (unpaired) electrons. The summed E-state index contributed by atoms with van der Waals surface area (Å²) in [6.45, 7) is 8.79. The quantitative estimate of drug-likeness (QED) is 0.143. The van der Waals surface area contributed by atoms with E-state index < -0.39 is 35.3 Å². The summed E-state index contributed by atoms with van der Waals surface area (Å²) in [7, 11) is 1.68. The first kappa shape index (κ1) is 40.5. The van der Waals surface area contributed by atoms with Crippen LogP contribution in [0.2, 0.25) is 0 Å². The Morgan fingerprint density at radius 3 is 2.72 bits per heavy atom. The van der Waals surface area contributed by atoms with Crippen LogP contribution < -0.4 is 16.1 Å². The number of fused-ring (bicyclic) bond motifs is 6. The van der Waals surface area contributed by atoms with Gasteiger partial charge in [0.2, 0.25) is 0 Å². The van der Waals surface area contributed by atoms with Gasteiger partial charge in [0.05, 0.1) is 36.7 Å². The first-order valence-corrected chi connectivity index (χ1v) is 20.5. The van der Waals surface area contributed by atoms with E-state index in [1.807, 2.05) is 24.4 Å². The van der Waals surface area contributed by atoms with E-state index in [0.717, 1.165) is 44.4 Å². The lowest BCUT2D eigenvalue weighted by Gasteiger charge is -2.35. The number of nitrogens with one attached hydrogen (secondary N) is 3. The lowest BCUT2D eigenvalue weighted by Crippen LogP contribution is -2.60. The van der Waals surface area contributed by atoms with E-state index in [1.165, 1.54) is 5.01 Å². The predicted molar refractivity (Wildman–Crippen MR) is 228 cm³/mol. The number of methoxy groups -OCH3 is 1. The smallest absolute Gasteiger partial charge is 0.324 e. The molecule has 1 saturated heterocycles. The number of benzene rings is 3. The van der Waals surface area contributed by atoms with Gasteiger partial charge in [0, 0.05) is 60.9 Å². The number of rotatable bonds is 7. The van der Waals surface area contributed by atoms with Crippen molar-refractivity contribution in [1.29, 1.82) is 0 Å². The Kier molecular flexibility index (Phi) is 11.6. The fraction of sp³-hybridized carbons (Fsp3) is 0.370. The highest BCUT2D eigenvalue weighted by molar-refractivity contribution is 6.05. The molecular formula is C46H51N7O7. The van der Waals surface area contributed by atoms with Crippen molar-refractivity contribution in [2.75, 3.05) is 38.7 Å². The first-order valence-electron chi connectivity index (χ1n) is 20.5. The number of carbonyl (C=O) groups excluding carboxylic acids is 3. The highest BCUT2D eigenvalue weighted by Crippen LogP contribution is 2.41. The second-order valence-electron chi connectivity index (χ2n) is 16.4. The van der Waals surface area contributed by atoms with Crippen LogP contribution in [0, 0.1) is 5.41 Å². The Bertz CT molecular complexity index is 2480. The van der Waals surface area contributed by atoms with Crippen LogP contribution in [0.25, 0.3) is 33.3 Å². The van der Waals surface area contributed by atoms with E-state index in [1.54, 1.807) is 49.7 Å². The Labute approximate surface area is 348 Å². The molecule has 1 fully saturated rings. The molecule has 3 aliphatic rings. The summed E-state index contributed by atoms with van der Waals surface area (Å²) >= 11 is 0. The van der Waals surface area contributed by atoms with Gasteiger partial charge in [0.25, 0.3) is 17.8 Å². The van der Waals surface area contributed by atoms with E-state index in [-0.39, 0.29) is 18.8 Å². The minimum absolute atomic E-state index is 0.0214. The maximum atomic E-state index is 14.5. The number of cyclic esters (lactones) is 1. The fourth-order valence-electron chi connectivity index (χ4n) is 8.48. The standard InChI is InChI=1S/C46H51N7O7/c1-5-52-40-13-12-29-23-34(40)35(41(52)36-25-47-15-14-30(36)26-58-4)24-46(2,3)27-60-44(57)38-11-8-17-53(51-38)43(56)39(21-28-19-31(29)22-32(54)20-28)49-42(55)33-9-6-7-10-37(33)50-45-48-16-18-59-45/h6-7,9-10,12-15,19-20,22-23,25,38-39,51,54H,5,8,11,16-18,21,24,26-27H2,1-4H3,(H,48,50)(H,49,55)/t38-,39-/m0/s1. The maximum absolute atomic E-state index is 14.5. The molecule has 4 N–H and O–H groups in total. The van der Waals surface area contributed by atoms with Crippen molar-refractivity contribution in [3.05, 3.63) is 101 Å². The number of aromatic nitrogens is 2. The normalized spacial score (nSPS) is 19.3. The molecule has 0 unspecified atom stereocenters. The largest absolute Gasteiger partial charge is 0.508 e. The zero-order valence-electron chi connectivity index (χ0n) is 34.4. The van der Waals surface area contributed by atoms with Gasteiger partial charge in [-0.15, -0.1) is 0 Å². The number of ether oxygens (including phenoxy) is 3. The van der Waals surface area contributed by atoms with Crippen molar-refractivity contribution in [3.8, 4) is 28.1 Å². The highest BCUT2D eigenvalue weighted by Gasteiger charge is 2.35. The lowest BCUT2D eigenvalue weighted by molar-refractivity contribution is -0.155. The number of aromatic hydroxyl groups is 1. The molecular weight excluding hydrogens is 763 g/mol. The summed E-state index contributed by atoms with van der Waals surface area (Å²) < 4.78 is 19.5. The molecule has 2 atom stereocenters. The van der Waals surface area contributed by atoms with Crippen molar-refractivity contribution >= 4 is 40.4 Å². The minimum Gasteiger partial charge on any atom is -0.508 e. The molecule has 14 heteroatoms. The lowest BCUT2D eigenvalue weighted by atomic mass is 9.84. The number of amidine groups is 1. The molecule has 14 nitrogen and oxygen atoms in total. The zero-order chi connectivity index (χ0) is 42.0. The highest BCUT2D eigenvalue weighted by atomic mass is 16.5. The number of phenolic OH excluding ortho intramolecular Hbond substituents is 1. The van der Waals surface area contributed by atoms with Crippen molar-refractivity contribution in [2.24, 2.45) is 10.4 Å². The zero-order valence-corrected chi connectivity index (χ0v) is 34.4. The molecule has 312 valence electrons. The third-order valence-corrected chi connectivity index (χ3v) is 11.3. The SMILES string of the molecule is CCn1c(-c2cnccc2COC)c2c3cc(ccc31)-c1cc(O)cc(c1)C[C@H](NC(=O)c1ccccc1NC1=NCCO1)C(=O)N1CCC[C@H](N1)C(=O)OCC(C)(C)C2. The molecule has 3 aliphatic heterocycles. The Morgan fingerprint density at radius 2 is 1.92 bits per heavy atom. The molecule has 3 aromatic carbocycles. The van der Waals surface area contributed by atoms with Gasteiger partial charge >= 0.3 is 5.97 Å². The number of pyridine rings is 1. The van der Waals surface area contributed by atoms with E-state index in [2.05, 4.69) is 63.5 Å². The van der Waals surface area contributed by atoms with Crippen LogP contribution in [-0.2, 0) is 49.8 Å². The molecule has 0 aliphatic carbocycles. The van der Waals surface area contributed by atoms with Gasteiger partial charge in [0.15, 0.2) is 0 Å². The summed E-state index contributed by atoms with van der Waals surface area (Å²) in [6, 6.07) is 18.9. The van der Waals surface area contributed by atoms with Gasteiger partial charge in [0.1, 0.15) is 24.4 Å². The number of hydrogen-bond acceptors (Lipinski definition) is 11. The number of carbonyl (C=O) groups is 3. The van der Waals surface area contributed by atoms with Gasteiger partial charge in [-0.05, 0) is 96.5 Å². The van der Waals surface area contributed by atoms with Crippen LogP contribution in [0.4, 0.5) is 5.69 Å². The third-order valence-electron chi connectivity index (χ3n) is 11.3. The van der Waals surface area contributed by atoms with E-state index in [0.29, 0.717) is 74.9 Å². The number of aliphatic imine (C=N–C) groups is 1. The number of nitrogens with zero attached hydrogens (tertiary/aromatic N) is 4. The number of hydrazine groups is 1. The molecule has 8 rings (SSSR count). The molecule has 2 aromatic heterocycles. The Balaban J connectivity index is 1.24. The summed E-state index contributed by atoms with van der Waals surface area (Å²) in [6.07, 6.45) is 5.29. The Hall–Kier alpha value is -6.25. The number of para-hydroxylation sites is 1. The number of esters is 1. The summed E-state index contributed by atoms with van der Waals surface area (Å²) in [5, 5.41) is 19.7. The van der Waals surface area contributed by atoms with Crippen LogP contribution in [0.3, 0.4) is 0 Å². The van der Waals surface area contributed by atoms with E-state index in [9.17, 15) is 19.5 Å². The monoisotopic (exact) mass is 813 g/mol. The molecule has 0 saturated carbocycles. The third kappa shape index (κ3) is 8.43. The van der Waals surface area contributed by atoms with Crippen LogP contribution in [0.15, 0.2) is 84.1 Å². The van der Waals surface area contributed by atoms with Crippen LogP contribution in [0.1, 0.15) is 60.7 Å². The van der Waals surface area contributed by atoms with Crippen molar-refractivity contribution < 1.29 is 33.7 Å². The van der Waals surface area contributed by atoms with Gasteiger partial charge in [-0.25, -0.2) is 10.4 Å². The van der Waals surface area contributed by atoms with Crippen LogP contribution in [-0.4, -0.2) is 89.0 Å². The average Bonchev–Trinajstić information content (AvgIpc) is 3.87. The summed E-state index contributed by atoms with van der Waals surface area (Å²) in [5.41, 5.74) is 10.7. The number of aryl methyl sites for hydroxylation is 1. The van der Waals surface area contributed by atoms with E-state index in [4.69, 9.17) is 14.2 Å². The molecule has 5 aromatic rings. The summed E-state index contributed by atoms with van der Waals surface area (Å²) in [5.74, 6) is -1.36. The Morgan fingerprint density at radius 1 is 1.07 bits per heavy atom. The van der Waals surface area contributed by atoms with E-state index >= 15 is 0 Å². The van der Waals surface area contributed by atoms with Gasteiger partial charge in [-0.3, -0.25) is 24.4 Å². The number of anilines is 1. The first-order chi connectivity index (χ1) is 29.0. The molecule has 0 spiro atoms. The second-order valence-corrected chi connectivity index (χ2v) is 16.4. The molecule has 60 heavy (non-hydrogen) atoms. The molecule has 2 amide bonds. The van der Waals surface area contributed by atoms with Crippen molar-refractivity contribution in [1.82, 2.24) is 25.3 Å². The average molecular weight is 814 g/mol. The van der Waals surface area contributed by atoms with Gasteiger partial charge < -0.3 is 34.5 Å².